The van der Waals surface area contributed by atoms with Gasteiger partial charge in [0.05, 0.1) is 7.11 Å². The van der Waals surface area contributed by atoms with Gasteiger partial charge in [-0.1, -0.05) is 0 Å². The second-order valence-electron chi connectivity index (χ2n) is 2.76. The van der Waals surface area contributed by atoms with E-state index in [9.17, 15) is 4.79 Å². The average Bonchev–Trinajstić information content (AvgIpc) is 2.05. The van der Waals surface area contributed by atoms with Gasteiger partial charge in [-0.25, -0.2) is 4.79 Å². The number of piperazine rings is 1. The maximum Gasteiger partial charge on any atom is 0.409 e. The lowest BCUT2D eigenvalue weighted by Gasteiger charge is -2.31. The normalized spacial score (nSPS) is 20.0. The van der Waals surface area contributed by atoms with Crippen LogP contribution in [0.4, 0.5) is 4.79 Å². The lowest BCUT2D eigenvalue weighted by molar-refractivity contribution is 0.0983. The van der Waals surface area contributed by atoms with Crippen molar-refractivity contribution in [1.82, 2.24) is 9.80 Å². The molecule has 0 radical (unpaired) electrons. The fourth-order valence-corrected chi connectivity index (χ4v) is 1.12. The molecule has 4 nitrogen and oxygen atoms in total. The standard InChI is InChI=1S/C7H14N2O2/c1-8-3-5-9(6-4-8)7(10)11-2/h3-6H2,1-2H3. The number of carbonyl (C=O) groups excluding carboxylic acids is 1. The van der Waals surface area contributed by atoms with Crippen LogP contribution in [-0.4, -0.2) is 56.2 Å². The van der Waals surface area contributed by atoms with Crippen LogP contribution in [0.15, 0.2) is 0 Å². The van der Waals surface area contributed by atoms with Crippen molar-refractivity contribution in [1.29, 1.82) is 0 Å². The highest BCUT2D eigenvalue weighted by molar-refractivity contribution is 5.67. The zero-order valence-corrected chi connectivity index (χ0v) is 7.04. The van der Waals surface area contributed by atoms with Crippen LogP contribution in [-0.2, 0) is 4.74 Å². The summed E-state index contributed by atoms with van der Waals surface area (Å²) in [5.41, 5.74) is 0. The Labute approximate surface area is 66.7 Å². The largest absolute Gasteiger partial charge is 0.453 e. The van der Waals surface area contributed by atoms with E-state index in [-0.39, 0.29) is 6.09 Å². The summed E-state index contributed by atoms with van der Waals surface area (Å²) in [6, 6.07) is 0. The van der Waals surface area contributed by atoms with Gasteiger partial charge in [0.25, 0.3) is 0 Å². The Bertz CT molecular complexity index is 141. The molecule has 0 unspecified atom stereocenters. The predicted molar refractivity (Wildman–Crippen MR) is 41.5 cm³/mol. The van der Waals surface area contributed by atoms with Gasteiger partial charge in [-0.15, -0.1) is 0 Å². The van der Waals surface area contributed by atoms with Crippen molar-refractivity contribution in [3.05, 3.63) is 0 Å². The molecule has 0 aliphatic carbocycles. The number of methoxy groups -OCH3 is 1. The Balaban J connectivity index is 2.33. The summed E-state index contributed by atoms with van der Waals surface area (Å²) in [5.74, 6) is 0. The molecule has 0 aromatic heterocycles. The van der Waals surface area contributed by atoms with Gasteiger partial charge < -0.3 is 14.5 Å². The number of nitrogens with zero attached hydrogens (tertiary/aromatic N) is 2. The van der Waals surface area contributed by atoms with E-state index in [1.165, 1.54) is 7.11 Å². The van der Waals surface area contributed by atoms with Crippen molar-refractivity contribution in [2.24, 2.45) is 0 Å². The maximum absolute atomic E-state index is 11.0. The number of amides is 1. The van der Waals surface area contributed by atoms with Crippen molar-refractivity contribution >= 4 is 6.09 Å². The highest BCUT2D eigenvalue weighted by Gasteiger charge is 2.18. The predicted octanol–water partition coefficient (Wildman–Crippen LogP) is 0.000200. The van der Waals surface area contributed by atoms with Gasteiger partial charge >= 0.3 is 6.09 Å². The molecule has 0 spiro atoms. The molecule has 1 heterocycles. The Kier molecular flexibility index (Phi) is 2.70. The first-order valence-electron chi connectivity index (χ1n) is 3.75. The van der Waals surface area contributed by atoms with Crippen LogP contribution < -0.4 is 0 Å². The van der Waals surface area contributed by atoms with Gasteiger partial charge in [-0.2, -0.15) is 0 Å². The van der Waals surface area contributed by atoms with Crippen molar-refractivity contribution in [2.45, 2.75) is 0 Å². The third kappa shape index (κ3) is 2.08. The lowest BCUT2D eigenvalue weighted by atomic mass is 10.3. The summed E-state index contributed by atoms with van der Waals surface area (Å²) in [7, 11) is 3.47. The molecular formula is C7H14N2O2. The SMILES string of the molecule is COC(=O)N1CCN(C)CC1. The Morgan fingerprint density at radius 2 is 1.82 bits per heavy atom. The van der Waals surface area contributed by atoms with Crippen molar-refractivity contribution in [3.63, 3.8) is 0 Å². The van der Waals surface area contributed by atoms with E-state index in [0.29, 0.717) is 0 Å². The quantitative estimate of drug-likeness (QED) is 0.497. The minimum Gasteiger partial charge on any atom is -0.453 e. The summed E-state index contributed by atoms with van der Waals surface area (Å²) in [6.45, 7) is 3.44. The Hall–Kier alpha value is -0.770. The molecule has 1 aliphatic rings. The molecule has 0 saturated carbocycles. The van der Waals surface area contributed by atoms with Crippen LogP contribution in [0, 0.1) is 0 Å². The van der Waals surface area contributed by atoms with Gasteiger partial charge in [0.15, 0.2) is 0 Å². The fourth-order valence-electron chi connectivity index (χ4n) is 1.12. The van der Waals surface area contributed by atoms with Crippen molar-refractivity contribution in [2.75, 3.05) is 40.3 Å². The fraction of sp³-hybridized carbons (Fsp3) is 0.857. The first-order valence-corrected chi connectivity index (χ1v) is 3.75. The van der Waals surface area contributed by atoms with Crippen LogP contribution in [0.3, 0.4) is 0 Å². The van der Waals surface area contributed by atoms with E-state index >= 15 is 0 Å². The summed E-state index contributed by atoms with van der Waals surface area (Å²) in [5, 5.41) is 0. The number of hydrogen-bond donors (Lipinski definition) is 0. The molecule has 0 aromatic rings. The highest BCUT2D eigenvalue weighted by atomic mass is 16.5. The van der Waals surface area contributed by atoms with Gasteiger partial charge in [0, 0.05) is 26.2 Å². The Morgan fingerprint density at radius 1 is 1.27 bits per heavy atom. The van der Waals surface area contributed by atoms with Gasteiger partial charge in [-0.3, -0.25) is 0 Å². The number of ether oxygens (including phenoxy) is 1. The first kappa shape index (κ1) is 8.33. The van der Waals surface area contributed by atoms with Gasteiger partial charge in [0.1, 0.15) is 0 Å². The molecule has 0 bridgehead atoms. The molecule has 1 fully saturated rings. The van der Waals surface area contributed by atoms with E-state index < -0.39 is 0 Å². The van der Waals surface area contributed by atoms with Crippen LogP contribution in [0.2, 0.25) is 0 Å². The molecule has 0 aromatic carbocycles. The van der Waals surface area contributed by atoms with Gasteiger partial charge in [0.2, 0.25) is 0 Å². The molecular weight excluding hydrogens is 144 g/mol. The molecule has 1 rings (SSSR count). The van der Waals surface area contributed by atoms with E-state index in [1.807, 2.05) is 0 Å². The molecule has 11 heavy (non-hydrogen) atoms. The van der Waals surface area contributed by atoms with E-state index in [1.54, 1.807) is 4.90 Å². The summed E-state index contributed by atoms with van der Waals surface area (Å²) in [6.07, 6.45) is -0.210. The second kappa shape index (κ2) is 3.57. The Morgan fingerprint density at radius 3 is 2.27 bits per heavy atom. The molecule has 1 saturated heterocycles. The smallest absolute Gasteiger partial charge is 0.409 e. The van der Waals surface area contributed by atoms with Crippen molar-refractivity contribution < 1.29 is 9.53 Å². The number of likely N-dealkylation sites (N-methyl/N-ethyl adjacent to an activating group) is 1. The zero-order valence-electron chi connectivity index (χ0n) is 7.04. The number of hydrogen-bond acceptors (Lipinski definition) is 3. The van der Waals surface area contributed by atoms with Gasteiger partial charge in [-0.05, 0) is 7.05 Å². The maximum atomic E-state index is 11.0. The lowest BCUT2D eigenvalue weighted by Crippen LogP contribution is -2.47. The first-order chi connectivity index (χ1) is 5.24. The minimum absolute atomic E-state index is 0.210. The highest BCUT2D eigenvalue weighted by Crippen LogP contribution is 2.00. The third-order valence-electron chi connectivity index (χ3n) is 1.94. The van der Waals surface area contributed by atoms with Crippen LogP contribution in [0.5, 0.6) is 0 Å². The number of rotatable bonds is 0. The second-order valence-corrected chi connectivity index (χ2v) is 2.76. The zero-order chi connectivity index (χ0) is 8.27. The average molecular weight is 158 g/mol. The topological polar surface area (TPSA) is 32.8 Å². The van der Waals surface area contributed by atoms with Crippen LogP contribution >= 0.6 is 0 Å². The minimum atomic E-state index is -0.210. The molecule has 0 N–H and O–H groups in total. The summed E-state index contributed by atoms with van der Waals surface area (Å²) < 4.78 is 4.59. The van der Waals surface area contributed by atoms with E-state index in [4.69, 9.17) is 0 Å². The summed E-state index contributed by atoms with van der Waals surface area (Å²) >= 11 is 0. The van der Waals surface area contributed by atoms with E-state index in [2.05, 4.69) is 16.7 Å². The molecule has 64 valence electrons. The monoisotopic (exact) mass is 158 g/mol. The van der Waals surface area contributed by atoms with E-state index in [0.717, 1.165) is 26.2 Å². The molecule has 4 heteroatoms. The molecule has 1 aliphatic heterocycles. The number of carbonyl (C=O) groups is 1. The van der Waals surface area contributed by atoms with Crippen molar-refractivity contribution in [3.8, 4) is 0 Å². The molecule has 0 atom stereocenters. The molecule has 1 amide bonds. The van der Waals surface area contributed by atoms with Crippen LogP contribution in [0.25, 0.3) is 0 Å². The van der Waals surface area contributed by atoms with Crippen LogP contribution in [0.1, 0.15) is 0 Å². The third-order valence-corrected chi connectivity index (χ3v) is 1.94. The summed E-state index contributed by atoms with van der Waals surface area (Å²) in [4.78, 5) is 14.9.